The third kappa shape index (κ3) is 3.59. The number of pyridine rings is 1. The first-order valence-electron chi connectivity index (χ1n) is 8.97. The quantitative estimate of drug-likeness (QED) is 0.550. The van der Waals surface area contributed by atoms with Gasteiger partial charge in [-0.05, 0) is 30.9 Å². The van der Waals surface area contributed by atoms with E-state index in [-0.39, 0.29) is 5.52 Å². The maximum Gasteiger partial charge on any atom is 0.417 e. The molecule has 0 N–H and O–H groups in total. The molecule has 2 heterocycles. The highest BCUT2D eigenvalue weighted by atomic mass is 19.4. The molecule has 0 bridgehead atoms. The predicted octanol–water partition coefficient (Wildman–Crippen LogP) is 5.87. The van der Waals surface area contributed by atoms with Crippen molar-refractivity contribution in [2.24, 2.45) is 0 Å². The molecule has 0 saturated heterocycles. The zero-order valence-corrected chi connectivity index (χ0v) is 15.0. The number of aromatic nitrogens is 3. The zero-order valence-electron chi connectivity index (χ0n) is 15.0. The van der Waals surface area contributed by atoms with Crippen molar-refractivity contribution < 1.29 is 13.2 Å². The molecule has 26 heavy (non-hydrogen) atoms. The van der Waals surface area contributed by atoms with Gasteiger partial charge in [0, 0.05) is 18.3 Å². The van der Waals surface area contributed by atoms with E-state index in [1.807, 2.05) is 29.7 Å². The molecule has 3 nitrogen and oxygen atoms in total. The van der Waals surface area contributed by atoms with Gasteiger partial charge in [-0.25, -0.2) is 9.97 Å². The van der Waals surface area contributed by atoms with Gasteiger partial charge in [-0.2, -0.15) is 13.2 Å². The molecule has 0 unspecified atom stereocenters. The van der Waals surface area contributed by atoms with Crippen molar-refractivity contribution >= 4 is 11.2 Å². The van der Waals surface area contributed by atoms with Gasteiger partial charge in [-0.3, -0.25) is 0 Å². The Kier molecular flexibility index (Phi) is 5.30. The van der Waals surface area contributed by atoms with Crippen LogP contribution in [0, 0.1) is 0 Å². The second-order valence-electron chi connectivity index (χ2n) is 6.41. The normalized spacial score (nSPS) is 12.0. The Morgan fingerprint density at radius 2 is 1.85 bits per heavy atom. The standard InChI is InChI=1S/C20H22F3N3/c1-3-5-8-14-9-6-7-10-16(14)18-25-17-12-15(20(21,22)23)13-24-19(17)26(18)11-4-2/h6-7,9-10,12-13H,3-5,8,11H2,1-2H3. The third-order valence-electron chi connectivity index (χ3n) is 4.42. The average Bonchev–Trinajstić information content (AvgIpc) is 2.97. The van der Waals surface area contributed by atoms with Crippen LogP contribution in [-0.4, -0.2) is 14.5 Å². The van der Waals surface area contributed by atoms with Gasteiger partial charge < -0.3 is 4.57 Å². The number of benzene rings is 1. The molecular weight excluding hydrogens is 339 g/mol. The number of fused-ring (bicyclic) bond motifs is 1. The molecule has 0 saturated carbocycles. The monoisotopic (exact) mass is 361 g/mol. The smallest absolute Gasteiger partial charge is 0.309 e. The molecule has 3 rings (SSSR count). The Morgan fingerprint density at radius 3 is 2.54 bits per heavy atom. The summed E-state index contributed by atoms with van der Waals surface area (Å²) in [5.74, 6) is 0.695. The van der Waals surface area contributed by atoms with E-state index in [0.717, 1.165) is 49.1 Å². The van der Waals surface area contributed by atoms with E-state index >= 15 is 0 Å². The van der Waals surface area contributed by atoms with Crippen LogP contribution in [0.3, 0.4) is 0 Å². The molecule has 0 aliphatic heterocycles. The summed E-state index contributed by atoms with van der Waals surface area (Å²) in [5, 5.41) is 0. The Balaban J connectivity index is 2.18. The van der Waals surface area contributed by atoms with Crippen molar-refractivity contribution in [3.8, 4) is 11.4 Å². The van der Waals surface area contributed by atoms with E-state index in [2.05, 4.69) is 23.0 Å². The summed E-state index contributed by atoms with van der Waals surface area (Å²) < 4.78 is 41.0. The van der Waals surface area contributed by atoms with E-state index in [1.165, 1.54) is 0 Å². The minimum atomic E-state index is -4.42. The number of rotatable bonds is 6. The molecular formula is C20H22F3N3. The lowest BCUT2D eigenvalue weighted by atomic mass is 10.0. The molecule has 0 spiro atoms. The zero-order chi connectivity index (χ0) is 18.7. The van der Waals surface area contributed by atoms with Crippen LogP contribution in [0.2, 0.25) is 0 Å². The molecule has 0 aliphatic carbocycles. The van der Waals surface area contributed by atoms with Crippen LogP contribution in [-0.2, 0) is 19.1 Å². The molecule has 138 valence electrons. The fourth-order valence-electron chi connectivity index (χ4n) is 3.13. The minimum Gasteiger partial charge on any atom is -0.309 e. The van der Waals surface area contributed by atoms with Crippen LogP contribution < -0.4 is 0 Å². The summed E-state index contributed by atoms with van der Waals surface area (Å²) in [6, 6.07) is 9.07. The molecule has 6 heteroatoms. The summed E-state index contributed by atoms with van der Waals surface area (Å²) in [5.41, 5.74) is 2.16. The van der Waals surface area contributed by atoms with Gasteiger partial charge >= 0.3 is 6.18 Å². The van der Waals surface area contributed by atoms with Crippen molar-refractivity contribution in [3.05, 3.63) is 47.7 Å². The second kappa shape index (κ2) is 7.48. The van der Waals surface area contributed by atoms with E-state index in [9.17, 15) is 13.2 Å². The summed E-state index contributed by atoms with van der Waals surface area (Å²) in [4.78, 5) is 8.63. The predicted molar refractivity (Wildman–Crippen MR) is 96.9 cm³/mol. The molecule has 2 aromatic heterocycles. The fraction of sp³-hybridized carbons (Fsp3) is 0.400. The van der Waals surface area contributed by atoms with Gasteiger partial charge in [0.25, 0.3) is 0 Å². The molecule has 0 fully saturated rings. The number of unbranched alkanes of at least 4 members (excludes halogenated alkanes) is 1. The number of nitrogens with zero attached hydrogens (tertiary/aromatic N) is 3. The van der Waals surface area contributed by atoms with Crippen molar-refractivity contribution in [2.45, 2.75) is 52.3 Å². The van der Waals surface area contributed by atoms with Gasteiger partial charge in [-0.1, -0.05) is 44.5 Å². The van der Waals surface area contributed by atoms with E-state index in [4.69, 9.17) is 0 Å². The number of hydrogen-bond acceptors (Lipinski definition) is 2. The van der Waals surface area contributed by atoms with E-state index in [0.29, 0.717) is 18.0 Å². The fourth-order valence-corrected chi connectivity index (χ4v) is 3.13. The maximum absolute atomic E-state index is 13.0. The summed E-state index contributed by atoms with van der Waals surface area (Å²) in [6.07, 6.45) is 0.372. The highest BCUT2D eigenvalue weighted by Crippen LogP contribution is 2.33. The van der Waals surface area contributed by atoms with Crippen molar-refractivity contribution in [1.82, 2.24) is 14.5 Å². The van der Waals surface area contributed by atoms with Crippen LogP contribution in [0.25, 0.3) is 22.6 Å². The van der Waals surface area contributed by atoms with E-state index < -0.39 is 11.7 Å². The average molecular weight is 361 g/mol. The molecule has 0 radical (unpaired) electrons. The third-order valence-corrected chi connectivity index (χ3v) is 4.42. The first-order chi connectivity index (χ1) is 12.5. The highest BCUT2D eigenvalue weighted by Gasteiger charge is 2.32. The van der Waals surface area contributed by atoms with Gasteiger partial charge in [0.15, 0.2) is 5.65 Å². The Hall–Kier alpha value is -2.37. The first-order valence-corrected chi connectivity index (χ1v) is 8.97. The lowest BCUT2D eigenvalue weighted by molar-refractivity contribution is -0.137. The Bertz CT molecular complexity index is 897. The second-order valence-corrected chi connectivity index (χ2v) is 6.41. The molecule has 0 amide bonds. The van der Waals surface area contributed by atoms with Gasteiger partial charge in [0.05, 0.1) is 5.56 Å². The summed E-state index contributed by atoms with van der Waals surface area (Å²) in [7, 11) is 0. The number of aryl methyl sites for hydroxylation is 2. The van der Waals surface area contributed by atoms with Gasteiger partial charge in [0.1, 0.15) is 11.3 Å². The molecule has 0 aliphatic rings. The number of imidazole rings is 1. The Labute approximate surface area is 150 Å². The van der Waals surface area contributed by atoms with Crippen molar-refractivity contribution in [3.63, 3.8) is 0 Å². The largest absolute Gasteiger partial charge is 0.417 e. The number of hydrogen-bond donors (Lipinski definition) is 0. The van der Waals surface area contributed by atoms with E-state index in [1.54, 1.807) is 0 Å². The van der Waals surface area contributed by atoms with Crippen molar-refractivity contribution in [2.75, 3.05) is 0 Å². The van der Waals surface area contributed by atoms with Crippen LogP contribution in [0.1, 0.15) is 44.2 Å². The van der Waals surface area contributed by atoms with Gasteiger partial charge in [0.2, 0.25) is 0 Å². The minimum absolute atomic E-state index is 0.286. The lowest BCUT2D eigenvalue weighted by Crippen LogP contribution is -2.06. The summed E-state index contributed by atoms with van der Waals surface area (Å²) in [6.45, 7) is 4.83. The summed E-state index contributed by atoms with van der Waals surface area (Å²) >= 11 is 0. The van der Waals surface area contributed by atoms with Crippen LogP contribution >= 0.6 is 0 Å². The Morgan fingerprint density at radius 1 is 1.08 bits per heavy atom. The van der Waals surface area contributed by atoms with Gasteiger partial charge in [-0.15, -0.1) is 0 Å². The van der Waals surface area contributed by atoms with Crippen LogP contribution in [0.5, 0.6) is 0 Å². The SMILES string of the molecule is CCCCc1ccccc1-c1nc2cc(C(F)(F)F)cnc2n1CCC. The molecule has 3 aromatic rings. The van der Waals surface area contributed by atoms with Crippen LogP contribution in [0.15, 0.2) is 36.5 Å². The highest BCUT2D eigenvalue weighted by molar-refractivity contribution is 5.78. The first kappa shape index (κ1) is 18.4. The maximum atomic E-state index is 13.0. The lowest BCUT2D eigenvalue weighted by Gasteiger charge is -2.11. The number of halogens is 3. The molecule has 1 aromatic carbocycles. The van der Waals surface area contributed by atoms with Crippen molar-refractivity contribution in [1.29, 1.82) is 0 Å². The molecule has 0 atom stereocenters. The number of alkyl halides is 3. The van der Waals surface area contributed by atoms with Crippen LogP contribution in [0.4, 0.5) is 13.2 Å². The topological polar surface area (TPSA) is 30.7 Å².